The van der Waals surface area contributed by atoms with Crippen molar-refractivity contribution >= 4 is 15.9 Å². The number of halogens is 4. The molecule has 0 bridgehead atoms. The average molecular weight is 270 g/mol. The number of hydrogen-bond acceptors (Lipinski definition) is 2. The second-order valence-electron chi connectivity index (χ2n) is 2.61. The molecule has 1 atom stereocenters. The van der Waals surface area contributed by atoms with Crippen molar-refractivity contribution in [1.82, 2.24) is 4.98 Å². The maximum absolute atomic E-state index is 12.1. The molecule has 0 unspecified atom stereocenters. The molecule has 0 N–H and O–H groups in total. The molecular formula is C8H7BrF3NO. The number of rotatable bonds is 2. The minimum absolute atomic E-state index is 0.129. The van der Waals surface area contributed by atoms with E-state index in [2.05, 4.69) is 20.9 Å². The third-order valence-electron chi connectivity index (χ3n) is 1.50. The molecule has 0 saturated heterocycles. The van der Waals surface area contributed by atoms with Crippen molar-refractivity contribution in [3.05, 3.63) is 22.9 Å². The molecule has 0 radical (unpaired) electrons. The first-order chi connectivity index (χ1) is 6.41. The van der Waals surface area contributed by atoms with Crippen LogP contribution in [0, 0.1) is 0 Å². The SMILES string of the molecule is C[C@H](Oc1ccncc1Br)C(F)(F)F. The zero-order chi connectivity index (χ0) is 10.8. The first-order valence-electron chi connectivity index (χ1n) is 3.74. The van der Waals surface area contributed by atoms with Crippen LogP contribution in [0.2, 0.25) is 0 Å². The Labute approximate surface area is 87.2 Å². The van der Waals surface area contributed by atoms with E-state index in [0.29, 0.717) is 4.47 Å². The van der Waals surface area contributed by atoms with E-state index in [9.17, 15) is 13.2 Å². The van der Waals surface area contributed by atoms with Crippen molar-refractivity contribution in [2.24, 2.45) is 0 Å². The van der Waals surface area contributed by atoms with E-state index in [0.717, 1.165) is 6.92 Å². The third kappa shape index (κ3) is 2.87. The van der Waals surface area contributed by atoms with Crippen molar-refractivity contribution < 1.29 is 17.9 Å². The van der Waals surface area contributed by atoms with Crippen molar-refractivity contribution in [2.45, 2.75) is 19.2 Å². The summed E-state index contributed by atoms with van der Waals surface area (Å²) < 4.78 is 41.4. The van der Waals surface area contributed by atoms with E-state index < -0.39 is 12.3 Å². The predicted molar refractivity (Wildman–Crippen MR) is 48.1 cm³/mol. The van der Waals surface area contributed by atoms with Crippen molar-refractivity contribution in [3.63, 3.8) is 0 Å². The number of hydrogen-bond donors (Lipinski definition) is 0. The lowest BCUT2D eigenvalue weighted by Crippen LogP contribution is -2.31. The highest BCUT2D eigenvalue weighted by atomic mass is 79.9. The molecule has 78 valence electrons. The highest BCUT2D eigenvalue weighted by molar-refractivity contribution is 9.10. The van der Waals surface area contributed by atoms with Crippen LogP contribution in [0.4, 0.5) is 13.2 Å². The van der Waals surface area contributed by atoms with Gasteiger partial charge in [-0.05, 0) is 28.9 Å². The molecule has 0 amide bonds. The fourth-order valence-corrected chi connectivity index (χ4v) is 1.06. The van der Waals surface area contributed by atoms with Crippen LogP contribution in [0.3, 0.4) is 0 Å². The summed E-state index contributed by atoms with van der Waals surface area (Å²) in [5.41, 5.74) is 0. The Hall–Kier alpha value is -0.780. The van der Waals surface area contributed by atoms with Gasteiger partial charge >= 0.3 is 6.18 Å². The normalized spacial score (nSPS) is 13.8. The van der Waals surface area contributed by atoms with Crippen molar-refractivity contribution in [3.8, 4) is 5.75 Å². The number of nitrogens with zero attached hydrogens (tertiary/aromatic N) is 1. The second-order valence-corrected chi connectivity index (χ2v) is 3.46. The maximum Gasteiger partial charge on any atom is 0.425 e. The van der Waals surface area contributed by atoms with Crippen LogP contribution in [0.15, 0.2) is 22.9 Å². The van der Waals surface area contributed by atoms with Crippen LogP contribution in [-0.2, 0) is 0 Å². The Morgan fingerprint density at radius 1 is 1.50 bits per heavy atom. The largest absolute Gasteiger partial charge is 0.480 e. The molecule has 1 rings (SSSR count). The molecule has 0 aliphatic carbocycles. The maximum atomic E-state index is 12.1. The topological polar surface area (TPSA) is 22.1 Å². The molecule has 0 saturated carbocycles. The summed E-state index contributed by atoms with van der Waals surface area (Å²) in [6, 6.07) is 1.37. The van der Waals surface area contributed by atoms with Gasteiger partial charge in [-0.25, -0.2) is 0 Å². The van der Waals surface area contributed by atoms with Gasteiger partial charge in [-0.1, -0.05) is 0 Å². The lowest BCUT2D eigenvalue weighted by atomic mass is 10.4. The minimum Gasteiger partial charge on any atom is -0.480 e. The number of aromatic nitrogens is 1. The Morgan fingerprint density at radius 2 is 2.14 bits per heavy atom. The number of ether oxygens (including phenoxy) is 1. The van der Waals surface area contributed by atoms with Gasteiger partial charge in [0.1, 0.15) is 5.75 Å². The lowest BCUT2D eigenvalue weighted by Gasteiger charge is -2.17. The standard InChI is InChI=1S/C8H7BrF3NO/c1-5(8(10,11)12)14-7-2-3-13-4-6(7)9/h2-5H,1H3/t5-/m0/s1. The van der Waals surface area contributed by atoms with Crippen molar-refractivity contribution in [1.29, 1.82) is 0 Å². The van der Waals surface area contributed by atoms with E-state index in [4.69, 9.17) is 4.74 Å². The van der Waals surface area contributed by atoms with Gasteiger partial charge in [-0.3, -0.25) is 4.98 Å². The fraction of sp³-hybridized carbons (Fsp3) is 0.375. The second kappa shape index (κ2) is 4.16. The molecule has 1 aromatic rings. The van der Waals surface area contributed by atoms with Gasteiger partial charge in [0.2, 0.25) is 0 Å². The third-order valence-corrected chi connectivity index (χ3v) is 2.10. The van der Waals surface area contributed by atoms with E-state index >= 15 is 0 Å². The Bertz CT molecular complexity index is 316. The van der Waals surface area contributed by atoms with Crippen LogP contribution in [0.25, 0.3) is 0 Å². The molecule has 14 heavy (non-hydrogen) atoms. The van der Waals surface area contributed by atoms with Crippen LogP contribution in [0.5, 0.6) is 5.75 Å². The predicted octanol–water partition coefficient (Wildman–Crippen LogP) is 3.17. The number of alkyl halides is 3. The number of pyridine rings is 1. The monoisotopic (exact) mass is 269 g/mol. The van der Waals surface area contributed by atoms with Gasteiger partial charge in [0.15, 0.2) is 6.10 Å². The Kier molecular flexibility index (Phi) is 3.36. The minimum atomic E-state index is -4.36. The van der Waals surface area contributed by atoms with Gasteiger partial charge in [0.05, 0.1) is 4.47 Å². The summed E-state index contributed by atoms with van der Waals surface area (Å²) in [7, 11) is 0. The van der Waals surface area contributed by atoms with Gasteiger partial charge in [-0.15, -0.1) is 0 Å². The summed E-state index contributed by atoms with van der Waals surface area (Å²) >= 11 is 3.04. The zero-order valence-corrected chi connectivity index (χ0v) is 8.76. The molecule has 1 aromatic heterocycles. The molecule has 0 spiro atoms. The van der Waals surface area contributed by atoms with E-state index in [-0.39, 0.29) is 5.75 Å². The first-order valence-corrected chi connectivity index (χ1v) is 4.53. The molecule has 0 aliphatic heterocycles. The van der Waals surface area contributed by atoms with Crippen LogP contribution in [-0.4, -0.2) is 17.3 Å². The summed E-state index contributed by atoms with van der Waals surface area (Å²) in [6.45, 7) is 0.951. The van der Waals surface area contributed by atoms with Gasteiger partial charge in [0, 0.05) is 12.4 Å². The van der Waals surface area contributed by atoms with E-state index in [1.165, 1.54) is 18.5 Å². The molecule has 6 heteroatoms. The highest BCUT2D eigenvalue weighted by Crippen LogP contribution is 2.28. The molecule has 0 aliphatic rings. The smallest absolute Gasteiger partial charge is 0.425 e. The van der Waals surface area contributed by atoms with Gasteiger partial charge in [0.25, 0.3) is 0 Å². The van der Waals surface area contributed by atoms with E-state index in [1.807, 2.05) is 0 Å². The van der Waals surface area contributed by atoms with E-state index in [1.54, 1.807) is 0 Å². The van der Waals surface area contributed by atoms with Gasteiger partial charge < -0.3 is 4.74 Å². The fourth-order valence-electron chi connectivity index (χ4n) is 0.715. The molecule has 0 aromatic carbocycles. The molecule has 1 heterocycles. The van der Waals surface area contributed by atoms with Gasteiger partial charge in [-0.2, -0.15) is 13.2 Å². The zero-order valence-electron chi connectivity index (χ0n) is 7.18. The Balaban J connectivity index is 2.75. The Morgan fingerprint density at radius 3 is 2.64 bits per heavy atom. The van der Waals surface area contributed by atoms with Crippen molar-refractivity contribution in [2.75, 3.05) is 0 Å². The van der Waals surface area contributed by atoms with Crippen LogP contribution < -0.4 is 4.74 Å². The molecular weight excluding hydrogens is 263 g/mol. The molecule has 0 fully saturated rings. The first kappa shape index (κ1) is 11.3. The van der Waals surface area contributed by atoms with Crippen LogP contribution in [0.1, 0.15) is 6.92 Å². The summed E-state index contributed by atoms with van der Waals surface area (Å²) in [6.07, 6.45) is -3.45. The average Bonchev–Trinajstić information content (AvgIpc) is 2.07. The summed E-state index contributed by atoms with van der Waals surface area (Å²) in [5, 5.41) is 0. The quantitative estimate of drug-likeness (QED) is 0.823. The lowest BCUT2D eigenvalue weighted by molar-refractivity contribution is -0.189. The van der Waals surface area contributed by atoms with Crippen LogP contribution >= 0.6 is 15.9 Å². The summed E-state index contributed by atoms with van der Waals surface area (Å²) in [5.74, 6) is 0.129. The molecule has 2 nitrogen and oxygen atoms in total. The summed E-state index contributed by atoms with van der Waals surface area (Å²) in [4.78, 5) is 3.71. The highest BCUT2D eigenvalue weighted by Gasteiger charge is 2.38.